The van der Waals surface area contributed by atoms with Gasteiger partial charge in [-0.2, -0.15) is 0 Å². The number of carbonyl (C=O) groups is 1. The summed E-state index contributed by atoms with van der Waals surface area (Å²) in [6.07, 6.45) is 3.68. The smallest absolute Gasteiger partial charge is 0.274 e. The molecular weight excluding hydrogens is 280 g/mol. The molecule has 1 fully saturated rings. The number of aliphatic hydroxyl groups is 1. The molecule has 1 saturated heterocycles. The minimum atomic E-state index is -0.306. The molecule has 1 atom stereocenters. The van der Waals surface area contributed by atoms with Crippen molar-refractivity contribution in [1.82, 2.24) is 14.9 Å². The summed E-state index contributed by atoms with van der Waals surface area (Å²) in [5, 5.41) is 9.36. The van der Waals surface area contributed by atoms with Crippen LogP contribution in [0.25, 0.3) is 0 Å². The summed E-state index contributed by atoms with van der Waals surface area (Å²) in [6.45, 7) is 3.45. The molecule has 0 spiro atoms. The summed E-state index contributed by atoms with van der Waals surface area (Å²) in [5.74, 6) is 0.236. The monoisotopic (exact) mass is 298 g/mol. The number of rotatable bonds is 4. The molecule has 1 N–H and O–H groups in total. The fourth-order valence-corrected chi connectivity index (χ4v) is 2.24. The van der Waals surface area contributed by atoms with Gasteiger partial charge in [0.05, 0.1) is 23.9 Å². The first kappa shape index (κ1) is 15.0. The average molecular weight is 299 g/mol. The first-order valence-electron chi connectivity index (χ1n) is 6.70. The molecule has 6 nitrogen and oxygen atoms in total. The van der Waals surface area contributed by atoms with E-state index in [4.69, 9.17) is 16.7 Å². The summed E-state index contributed by atoms with van der Waals surface area (Å²) in [7, 11) is 1.62. The number of nitrogens with zero attached hydrogens (tertiary/aromatic N) is 4. The van der Waals surface area contributed by atoms with Crippen LogP contribution in [0.3, 0.4) is 0 Å². The highest BCUT2D eigenvalue weighted by Crippen LogP contribution is 2.21. The van der Waals surface area contributed by atoms with E-state index in [0.717, 1.165) is 25.9 Å². The fraction of sp³-hybridized carbons (Fsp3) is 0.615. The third kappa shape index (κ3) is 3.02. The van der Waals surface area contributed by atoms with Gasteiger partial charge in [-0.1, -0.05) is 11.6 Å². The van der Waals surface area contributed by atoms with Gasteiger partial charge in [-0.3, -0.25) is 4.79 Å². The van der Waals surface area contributed by atoms with E-state index >= 15 is 0 Å². The summed E-state index contributed by atoms with van der Waals surface area (Å²) < 4.78 is 0. The Labute approximate surface area is 123 Å². The number of halogens is 1. The molecule has 0 saturated carbocycles. The first-order valence-corrected chi connectivity index (χ1v) is 7.08. The molecule has 2 heterocycles. The topological polar surface area (TPSA) is 69.6 Å². The maximum atomic E-state index is 12.4. The molecule has 7 heteroatoms. The molecule has 0 radical (unpaired) electrons. The Kier molecular flexibility index (Phi) is 4.77. The van der Waals surface area contributed by atoms with Crippen molar-refractivity contribution in [3.05, 3.63) is 16.9 Å². The number of likely N-dealkylation sites (N-methyl/N-ethyl adjacent to an activating group) is 1. The van der Waals surface area contributed by atoms with Crippen molar-refractivity contribution >= 4 is 23.5 Å². The fourth-order valence-electron chi connectivity index (χ4n) is 2.07. The highest BCUT2D eigenvalue weighted by molar-refractivity contribution is 6.33. The van der Waals surface area contributed by atoms with Crippen LogP contribution in [0.2, 0.25) is 5.02 Å². The lowest BCUT2D eigenvalue weighted by Gasteiger charge is -2.23. The lowest BCUT2D eigenvalue weighted by molar-refractivity contribution is 0.0676. The van der Waals surface area contributed by atoms with Gasteiger partial charge in [0, 0.05) is 20.1 Å². The Morgan fingerprint density at radius 2 is 2.20 bits per heavy atom. The molecule has 1 aliphatic heterocycles. The van der Waals surface area contributed by atoms with Crippen molar-refractivity contribution in [3.63, 3.8) is 0 Å². The quantitative estimate of drug-likeness (QED) is 0.904. The minimum absolute atomic E-state index is 0.107. The Bertz CT molecular complexity index is 491. The molecule has 0 aliphatic carbocycles. The number of aromatic nitrogens is 2. The molecule has 2 rings (SSSR count). The molecular formula is C13H19ClN4O2. The van der Waals surface area contributed by atoms with Crippen LogP contribution in [0.1, 0.15) is 30.3 Å². The maximum absolute atomic E-state index is 12.4. The molecule has 1 aromatic rings. The Balaban J connectivity index is 2.26. The second-order valence-electron chi connectivity index (χ2n) is 5.01. The predicted molar refractivity (Wildman–Crippen MR) is 77.1 cm³/mol. The highest BCUT2D eigenvalue weighted by atomic mass is 35.5. The van der Waals surface area contributed by atoms with Crippen molar-refractivity contribution in [1.29, 1.82) is 0 Å². The molecule has 0 bridgehead atoms. The van der Waals surface area contributed by atoms with Crippen LogP contribution < -0.4 is 4.90 Å². The van der Waals surface area contributed by atoms with Gasteiger partial charge in [-0.25, -0.2) is 9.97 Å². The molecule has 1 unspecified atom stereocenters. The van der Waals surface area contributed by atoms with E-state index in [9.17, 15) is 4.79 Å². The zero-order valence-corrected chi connectivity index (χ0v) is 12.5. The molecule has 1 aliphatic rings. The minimum Gasteiger partial charge on any atom is -0.394 e. The van der Waals surface area contributed by atoms with Gasteiger partial charge in [-0.05, 0) is 19.8 Å². The van der Waals surface area contributed by atoms with Crippen molar-refractivity contribution in [3.8, 4) is 0 Å². The number of carbonyl (C=O) groups excluding carboxylic acids is 1. The van der Waals surface area contributed by atoms with Gasteiger partial charge in [0.2, 0.25) is 5.95 Å². The van der Waals surface area contributed by atoms with Crippen LogP contribution in [0.4, 0.5) is 5.95 Å². The summed E-state index contributed by atoms with van der Waals surface area (Å²) in [6, 6.07) is -0.288. The van der Waals surface area contributed by atoms with E-state index < -0.39 is 0 Å². The van der Waals surface area contributed by atoms with Gasteiger partial charge >= 0.3 is 0 Å². The van der Waals surface area contributed by atoms with Gasteiger partial charge in [-0.15, -0.1) is 0 Å². The van der Waals surface area contributed by atoms with Crippen LogP contribution in [0.5, 0.6) is 0 Å². The van der Waals surface area contributed by atoms with E-state index in [-0.39, 0.29) is 29.3 Å². The van der Waals surface area contributed by atoms with E-state index in [2.05, 4.69) is 9.97 Å². The molecule has 1 amide bonds. The summed E-state index contributed by atoms with van der Waals surface area (Å²) in [5.41, 5.74) is 0.186. The maximum Gasteiger partial charge on any atom is 0.274 e. The normalized spacial score (nSPS) is 16.3. The Morgan fingerprint density at radius 3 is 2.80 bits per heavy atom. The summed E-state index contributed by atoms with van der Waals surface area (Å²) in [4.78, 5) is 24.3. The van der Waals surface area contributed by atoms with Crippen LogP contribution in [0.15, 0.2) is 6.20 Å². The van der Waals surface area contributed by atoms with Gasteiger partial charge < -0.3 is 14.9 Å². The largest absolute Gasteiger partial charge is 0.394 e. The molecule has 1 aromatic heterocycles. The van der Waals surface area contributed by atoms with Crippen molar-refractivity contribution < 1.29 is 9.90 Å². The number of hydrogen-bond acceptors (Lipinski definition) is 5. The number of amides is 1. The lowest BCUT2D eigenvalue weighted by atomic mass is 10.2. The highest BCUT2D eigenvalue weighted by Gasteiger charge is 2.23. The summed E-state index contributed by atoms with van der Waals surface area (Å²) >= 11 is 6.04. The molecule has 0 aromatic carbocycles. The van der Waals surface area contributed by atoms with Crippen LogP contribution >= 0.6 is 11.6 Å². The van der Waals surface area contributed by atoms with Crippen LogP contribution in [0, 0.1) is 0 Å². The van der Waals surface area contributed by atoms with Gasteiger partial charge in [0.25, 0.3) is 5.91 Å². The third-order valence-electron chi connectivity index (χ3n) is 3.57. The molecule has 110 valence electrons. The zero-order chi connectivity index (χ0) is 14.7. The Morgan fingerprint density at radius 1 is 1.55 bits per heavy atom. The van der Waals surface area contributed by atoms with Gasteiger partial charge in [0.15, 0.2) is 5.69 Å². The van der Waals surface area contributed by atoms with Crippen molar-refractivity contribution in [2.24, 2.45) is 0 Å². The van der Waals surface area contributed by atoms with Crippen molar-refractivity contribution in [2.45, 2.75) is 25.8 Å². The second kappa shape index (κ2) is 6.37. The number of aliphatic hydroxyl groups excluding tert-OH is 1. The lowest BCUT2D eigenvalue weighted by Crippen LogP contribution is -2.38. The average Bonchev–Trinajstić information content (AvgIpc) is 2.99. The van der Waals surface area contributed by atoms with E-state index in [1.54, 1.807) is 14.0 Å². The predicted octanol–water partition coefficient (Wildman–Crippen LogP) is 1.18. The zero-order valence-electron chi connectivity index (χ0n) is 11.7. The van der Waals surface area contributed by atoms with E-state index in [1.165, 1.54) is 11.1 Å². The van der Waals surface area contributed by atoms with Crippen LogP contribution in [-0.4, -0.2) is 58.7 Å². The first-order chi connectivity index (χ1) is 9.54. The third-order valence-corrected chi connectivity index (χ3v) is 3.85. The molecule has 20 heavy (non-hydrogen) atoms. The van der Waals surface area contributed by atoms with E-state index in [0.29, 0.717) is 5.95 Å². The Hall–Kier alpha value is -1.40. The number of hydrogen-bond donors (Lipinski definition) is 1. The van der Waals surface area contributed by atoms with Crippen molar-refractivity contribution in [2.75, 3.05) is 31.6 Å². The standard InChI is InChI=1S/C13H19ClN4O2/c1-9(8-19)17(2)12(20)11-10(14)7-15-13(16-11)18-5-3-4-6-18/h7,9,19H,3-6,8H2,1-2H3. The number of anilines is 1. The second-order valence-corrected chi connectivity index (χ2v) is 5.42. The van der Waals surface area contributed by atoms with E-state index in [1.807, 2.05) is 4.90 Å². The van der Waals surface area contributed by atoms with Gasteiger partial charge in [0.1, 0.15) is 0 Å². The SMILES string of the molecule is CC(CO)N(C)C(=O)c1nc(N2CCCC2)ncc1Cl. The van der Waals surface area contributed by atoms with Crippen LogP contribution in [-0.2, 0) is 0 Å².